The lowest BCUT2D eigenvalue weighted by Crippen LogP contribution is -2.49. The van der Waals surface area contributed by atoms with Gasteiger partial charge in [-0.15, -0.1) is 0 Å². The van der Waals surface area contributed by atoms with Crippen molar-refractivity contribution in [3.63, 3.8) is 0 Å². The summed E-state index contributed by atoms with van der Waals surface area (Å²) in [5.74, 6) is -0.714. The van der Waals surface area contributed by atoms with Crippen molar-refractivity contribution in [2.24, 2.45) is 0 Å². The van der Waals surface area contributed by atoms with Crippen molar-refractivity contribution in [2.75, 3.05) is 26.3 Å². The number of phenolic OH excluding ortho intramolecular Hbond substituents is 2. The van der Waals surface area contributed by atoms with E-state index in [0.29, 0.717) is 54.3 Å². The van der Waals surface area contributed by atoms with Crippen LogP contribution in [0.1, 0.15) is 90.7 Å². The first kappa shape index (κ1) is 35.1. The number of benzene rings is 2. The second kappa shape index (κ2) is 15.8. The Labute approximate surface area is 295 Å². The topological polar surface area (TPSA) is 159 Å². The summed E-state index contributed by atoms with van der Waals surface area (Å²) in [6.07, 6.45) is 9.46. The molecule has 4 heterocycles. The van der Waals surface area contributed by atoms with Crippen LogP contribution in [0.4, 0.5) is 0 Å². The van der Waals surface area contributed by atoms with Gasteiger partial charge in [-0.2, -0.15) is 0 Å². The number of hydrogen-bond acceptors (Lipinski definition) is 10. The minimum Gasteiger partial charge on any atom is -0.507 e. The Kier molecular flexibility index (Phi) is 10.9. The highest BCUT2D eigenvalue weighted by Crippen LogP contribution is 2.40. The molecule has 264 valence electrons. The molecule has 3 atom stereocenters. The molecule has 2 fully saturated rings. The van der Waals surface area contributed by atoms with Crippen molar-refractivity contribution >= 4 is 24.4 Å². The number of aryl methyl sites for hydroxylation is 1. The maximum Gasteiger partial charge on any atom is 0.256 e. The molecule has 2 N–H and O–H groups in total. The molecule has 0 aliphatic carbocycles. The fourth-order valence-electron chi connectivity index (χ4n) is 6.99. The van der Waals surface area contributed by atoms with Crippen LogP contribution < -0.4 is 9.47 Å². The van der Waals surface area contributed by atoms with Gasteiger partial charge in [0.25, 0.3) is 11.8 Å². The summed E-state index contributed by atoms with van der Waals surface area (Å²) in [5.41, 5.74) is 2.02. The largest absolute Gasteiger partial charge is 0.507 e. The average molecular weight is 693 g/mol. The molecule has 2 aromatic heterocycles. The normalized spacial score (nSPS) is 18.9. The third-order valence-corrected chi connectivity index (χ3v) is 9.79. The van der Waals surface area contributed by atoms with Gasteiger partial charge in [0.2, 0.25) is 0 Å². The zero-order valence-corrected chi connectivity index (χ0v) is 28.3. The van der Waals surface area contributed by atoms with Gasteiger partial charge < -0.3 is 29.5 Å². The monoisotopic (exact) mass is 692 g/mol. The number of rotatable bonds is 11. The molecule has 0 radical (unpaired) electrons. The molecule has 12 nitrogen and oxygen atoms in total. The summed E-state index contributed by atoms with van der Waals surface area (Å²) in [5, 5.41) is 21.6. The van der Waals surface area contributed by atoms with Crippen LogP contribution in [-0.4, -0.2) is 92.8 Å². The number of nitrogens with zero attached hydrogens (tertiary/aromatic N) is 4. The Morgan fingerprint density at radius 2 is 1.57 bits per heavy atom. The first-order valence-electron chi connectivity index (χ1n) is 17.1. The second-order valence-electron chi connectivity index (χ2n) is 12.9. The smallest absolute Gasteiger partial charge is 0.256 e. The number of carbonyl (C=O) groups is 4. The number of aromatic hydroxyl groups is 2. The lowest BCUT2D eigenvalue weighted by atomic mass is 9.85. The predicted molar refractivity (Wildman–Crippen MR) is 187 cm³/mol. The van der Waals surface area contributed by atoms with E-state index in [1.807, 2.05) is 0 Å². The maximum atomic E-state index is 14.0. The number of pyridine rings is 2. The van der Waals surface area contributed by atoms with Gasteiger partial charge in [-0.05, 0) is 87.1 Å². The predicted octanol–water partition coefficient (Wildman–Crippen LogP) is 5.36. The quantitative estimate of drug-likeness (QED) is 0.196. The van der Waals surface area contributed by atoms with E-state index in [-0.39, 0.29) is 77.7 Å². The zero-order chi connectivity index (χ0) is 35.9. The molecule has 2 aliphatic rings. The van der Waals surface area contributed by atoms with Gasteiger partial charge in [0.1, 0.15) is 36.2 Å². The first-order chi connectivity index (χ1) is 24.8. The highest BCUT2D eigenvalue weighted by molar-refractivity contribution is 5.96. The van der Waals surface area contributed by atoms with Gasteiger partial charge in [-0.3, -0.25) is 29.1 Å². The number of carbonyl (C=O) groups excluding carboxylic acids is 4. The van der Waals surface area contributed by atoms with Gasteiger partial charge in [0.15, 0.2) is 12.6 Å². The number of hydrogen-bond donors (Lipinski definition) is 2. The zero-order valence-electron chi connectivity index (χ0n) is 28.3. The molecule has 4 aromatic rings. The molecule has 0 saturated carbocycles. The van der Waals surface area contributed by atoms with Crippen LogP contribution in [0.25, 0.3) is 0 Å². The number of ether oxygens (including phenoxy) is 2. The minimum atomic E-state index is -0.404. The van der Waals surface area contributed by atoms with Crippen molar-refractivity contribution in [1.29, 1.82) is 0 Å². The Morgan fingerprint density at radius 3 is 2.29 bits per heavy atom. The average Bonchev–Trinajstić information content (AvgIpc) is 3.16. The van der Waals surface area contributed by atoms with Gasteiger partial charge in [-0.25, -0.2) is 0 Å². The molecule has 2 amide bonds. The van der Waals surface area contributed by atoms with E-state index in [1.165, 1.54) is 6.07 Å². The molecule has 1 unspecified atom stereocenters. The molecule has 51 heavy (non-hydrogen) atoms. The molecule has 12 heteroatoms. The van der Waals surface area contributed by atoms with Crippen LogP contribution in [0, 0.1) is 6.92 Å². The summed E-state index contributed by atoms with van der Waals surface area (Å²) in [6.45, 7) is 2.75. The summed E-state index contributed by atoms with van der Waals surface area (Å²) in [4.78, 5) is 63.1. The third-order valence-electron chi connectivity index (χ3n) is 9.79. The molecular weight excluding hydrogens is 652 g/mol. The lowest BCUT2D eigenvalue weighted by molar-refractivity contribution is 0.0490. The van der Waals surface area contributed by atoms with E-state index >= 15 is 0 Å². The standard InChI is InChI=1S/C39H40N4O8/c1-25-30(9-6-17-41-25)39(49)43-20-27(12-13-29(43)24-50-35-11-4-10-34(46)32(35)21-44)31-14-15-36(33(22-45)37(31)47)51-23-28-8-2-3-18-42(28)38(48)26-7-5-16-40-19-26/h4-7,9-11,14-17,19,21-22,27-29,46-47H,2-3,8,12-13,18,20,23-24H2,1H3/t27?,28-,29-/m0/s1. The molecule has 0 bridgehead atoms. The molecule has 6 rings (SSSR count). The van der Waals surface area contributed by atoms with Crippen LogP contribution in [0.15, 0.2) is 73.2 Å². The number of amides is 2. The van der Waals surface area contributed by atoms with E-state index in [2.05, 4.69) is 9.97 Å². The van der Waals surface area contributed by atoms with Crippen LogP contribution in [0.5, 0.6) is 23.0 Å². The number of phenols is 2. The lowest BCUT2D eigenvalue weighted by Gasteiger charge is -2.40. The minimum absolute atomic E-state index is 0.00478. The van der Waals surface area contributed by atoms with E-state index in [9.17, 15) is 29.4 Å². The Hall–Kier alpha value is -5.78. The third kappa shape index (κ3) is 7.54. The number of aromatic nitrogens is 2. The van der Waals surface area contributed by atoms with Crippen LogP contribution in [0.3, 0.4) is 0 Å². The number of piperidine rings is 2. The maximum absolute atomic E-state index is 14.0. The number of likely N-dealkylation sites (tertiary alicyclic amines) is 2. The molecule has 2 aliphatic heterocycles. The van der Waals surface area contributed by atoms with Crippen molar-refractivity contribution in [3.05, 3.63) is 107 Å². The van der Waals surface area contributed by atoms with Crippen molar-refractivity contribution in [2.45, 2.75) is 57.0 Å². The SMILES string of the molecule is Cc1ncccc1C(=O)N1CC(c2ccc(OC[C@@H]3CCCCN3C(=O)c3cccnc3)c(C=O)c2O)CC[C@H]1COc1cccc(O)c1C=O. The Bertz CT molecular complexity index is 1900. The highest BCUT2D eigenvalue weighted by atomic mass is 16.5. The fourth-order valence-corrected chi connectivity index (χ4v) is 6.99. The van der Waals surface area contributed by atoms with Crippen LogP contribution >= 0.6 is 0 Å². The molecule has 2 saturated heterocycles. The summed E-state index contributed by atoms with van der Waals surface area (Å²) in [7, 11) is 0. The van der Waals surface area contributed by atoms with Crippen molar-refractivity contribution in [1.82, 2.24) is 19.8 Å². The van der Waals surface area contributed by atoms with Gasteiger partial charge >= 0.3 is 0 Å². The highest BCUT2D eigenvalue weighted by Gasteiger charge is 2.36. The van der Waals surface area contributed by atoms with Crippen molar-refractivity contribution < 1.29 is 38.9 Å². The molecular formula is C39H40N4O8. The van der Waals surface area contributed by atoms with Crippen LogP contribution in [-0.2, 0) is 0 Å². The van der Waals surface area contributed by atoms with E-state index < -0.39 is 6.04 Å². The summed E-state index contributed by atoms with van der Waals surface area (Å²) >= 11 is 0. The van der Waals surface area contributed by atoms with Crippen LogP contribution in [0.2, 0.25) is 0 Å². The van der Waals surface area contributed by atoms with E-state index in [0.717, 1.165) is 19.3 Å². The fraction of sp³-hybridized carbons (Fsp3) is 0.333. The van der Waals surface area contributed by atoms with Crippen molar-refractivity contribution in [3.8, 4) is 23.0 Å². The summed E-state index contributed by atoms with van der Waals surface area (Å²) in [6, 6.07) is 14.2. The summed E-state index contributed by atoms with van der Waals surface area (Å²) < 4.78 is 12.1. The van der Waals surface area contributed by atoms with E-state index in [4.69, 9.17) is 9.47 Å². The van der Waals surface area contributed by atoms with Gasteiger partial charge in [-0.1, -0.05) is 12.1 Å². The number of aldehydes is 2. The second-order valence-corrected chi connectivity index (χ2v) is 12.9. The Morgan fingerprint density at radius 1 is 0.824 bits per heavy atom. The van der Waals surface area contributed by atoms with Gasteiger partial charge in [0.05, 0.1) is 34.3 Å². The first-order valence-corrected chi connectivity index (χ1v) is 17.1. The molecule has 2 aromatic carbocycles. The van der Waals surface area contributed by atoms with Gasteiger partial charge in [0, 0.05) is 43.3 Å². The van der Waals surface area contributed by atoms with E-state index in [1.54, 1.807) is 83.8 Å². The Balaban J connectivity index is 1.21. The molecule has 0 spiro atoms.